The molecule has 0 aliphatic rings. The molecule has 0 radical (unpaired) electrons. The van der Waals surface area contributed by atoms with Crippen molar-refractivity contribution in [1.82, 2.24) is 4.98 Å². The van der Waals surface area contributed by atoms with Crippen LogP contribution in [0.5, 0.6) is 0 Å². The number of pyridine rings is 1. The molecule has 1 unspecified atom stereocenters. The summed E-state index contributed by atoms with van der Waals surface area (Å²) in [7, 11) is 0. The van der Waals surface area contributed by atoms with E-state index in [-0.39, 0.29) is 12.0 Å². The third-order valence-corrected chi connectivity index (χ3v) is 1.90. The standard InChI is InChI=1S/C10H13NO4/c1-2-15-8(10(13)14)5-7-3-4-11-9(12)6-7/h3-4,6,8H,2,5H2,1H3,(H,11,12)(H,13,14). The SMILES string of the molecule is CCOC(Cc1cc[nH]c(=O)c1)C(=O)O. The highest BCUT2D eigenvalue weighted by Crippen LogP contribution is 2.03. The maximum atomic E-state index is 11.0. The second kappa shape index (κ2) is 5.31. The molecule has 0 fully saturated rings. The van der Waals surface area contributed by atoms with Crippen LogP contribution in [0.3, 0.4) is 0 Å². The second-order valence-electron chi connectivity index (χ2n) is 3.05. The molecule has 0 bridgehead atoms. The molecular formula is C10H13NO4. The molecule has 1 heterocycles. The molecule has 2 N–H and O–H groups in total. The summed E-state index contributed by atoms with van der Waals surface area (Å²) in [6.07, 6.45) is 0.798. The van der Waals surface area contributed by atoms with Gasteiger partial charge in [-0.2, -0.15) is 0 Å². The Labute approximate surface area is 86.7 Å². The van der Waals surface area contributed by atoms with E-state index < -0.39 is 12.1 Å². The van der Waals surface area contributed by atoms with E-state index >= 15 is 0 Å². The topological polar surface area (TPSA) is 79.4 Å². The number of nitrogens with one attached hydrogen (secondary N) is 1. The van der Waals surface area contributed by atoms with Gasteiger partial charge in [0.15, 0.2) is 6.10 Å². The molecule has 1 atom stereocenters. The van der Waals surface area contributed by atoms with Gasteiger partial charge in [-0.3, -0.25) is 4.79 Å². The summed E-state index contributed by atoms with van der Waals surface area (Å²) in [5, 5.41) is 8.82. The third kappa shape index (κ3) is 3.55. The molecule has 0 saturated carbocycles. The number of ether oxygens (including phenoxy) is 1. The Bertz CT molecular complexity index is 385. The van der Waals surface area contributed by atoms with Crippen molar-refractivity contribution in [1.29, 1.82) is 0 Å². The zero-order valence-corrected chi connectivity index (χ0v) is 8.40. The molecule has 5 heteroatoms. The zero-order chi connectivity index (χ0) is 11.3. The molecule has 0 amide bonds. The van der Waals surface area contributed by atoms with Gasteiger partial charge >= 0.3 is 5.97 Å². The van der Waals surface area contributed by atoms with E-state index in [2.05, 4.69) is 4.98 Å². The van der Waals surface area contributed by atoms with Crippen LogP contribution in [0.2, 0.25) is 0 Å². The summed E-state index contributed by atoms with van der Waals surface area (Å²) in [6.45, 7) is 2.06. The van der Waals surface area contributed by atoms with Crippen molar-refractivity contribution in [3.8, 4) is 0 Å². The van der Waals surface area contributed by atoms with Gasteiger partial charge in [-0.25, -0.2) is 4.79 Å². The van der Waals surface area contributed by atoms with E-state index in [9.17, 15) is 9.59 Å². The first-order chi connectivity index (χ1) is 7.13. The van der Waals surface area contributed by atoms with Crippen molar-refractivity contribution in [2.75, 3.05) is 6.61 Å². The normalized spacial score (nSPS) is 12.3. The fourth-order valence-electron chi connectivity index (χ4n) is 1.25. The molecule has 0 saturated heterocycles. The molecule has 0 aliphatic carbocycles. The maximum Gasteiger partial charge on any atom is 0.333 e. The van der Waals surface area contributed by atoms with E-state index in [0.717, 1.165) is 0 Å². The van der Waals surface area contributed by atoms with Crippen LogP contribution in [-0.2, 0) is 16.0 Å². The van der Waals surface area contributed by atoms with Crippen LogP contribution >= 0.6 is 0 Å². The lowest BCUT2D eigenvalue weighted by Gasteiger charge is -2.11. The van der Waals surface area contributed by atoms with Gasteiger partial charge in [0, 0.05) is 25.3 Å². The molecule has 5 nitrogen and oxygen atoms in total. The highest BCUT2D eigenvalue weighted by atomic mass is 16.5. The van der Waals surface area contributed by atoms with Crippen LogP contribution in [0, 0.1) is 0 Å². The summed E-state index contributed by atoms with van der Waals surface area (Å²) in [5.74, 6) is -1.02. The molecule has 15 heavy (non-hydrogen) atoms. The van der Waals surface area contributed by atoms with Crippen LogP contribution in [-0.4, -0.2) is 28.8 Å². The van der Waals surface area contributed by atoms with Crippen molar-refractivity contribution in [3.05, 3.63) is 34.2 Å². The minimum atomic E-state index is -1.02. The lowest BCUT2D eigenvalue weighted by Crippen LogP contribution is -2.26. The Morgan fingerprint density at radius 3 is 2.93 bits per heavy atom. The number of carboxylic acids is 1. The van der Waals surface area contributed by atoms with Crippen molar-refractivity contribution in [2.24, 2.45) is 0 Å². The predicted molar refractivity (Wildman–Crippen MR) is 53.8 cm³/mol. The Morgan fingerprint density at radius 1 is 1.67 bits per heavy atom. The summed E-state index contributed by atoms with van der Waals surface area (Å²) < 4.78 is 5.04. The molecular weight excluding hydrogens is 198 g/mol. The number of hydrogen-bond donors (Lipinski definition) is 2. The quantitative estimate of drug-likeness (QED) is 0.739. The predicted octanol–water partition coefficient (Wildman–Crippen LogP) is 0.407. The van der Waals surface area contributed by atoms with E-state index in [4.69, 9.17) is 9.84 Å². The first kappa shape index (κ1) is 11.5. The lowest BCUT2D eigenvalue weighted by atomic mass is 10.1. The first-order valence-corrected chi connectivity index (χ1v) is 4.65. The van der Waals surface area contributed by atoms with Crippen LogP contribution < -0.4 is 5.56 Å². The van der Waals surface area contributed by atoms with Gasteiger partial charge in [-0.15, -0.1) is 0 Å². The molecule has 82 valence electrons. The lowest BCUT2D eigenvalue weighted by molar-refractivity contribution is -0.149. The molecule has 1 aromatic rings. The van der Waals surface area contributed by atoms with E-state index in [0.29, 0.717) is 12.2 Å². The Morgan fingerprint density at radius 2 is 2.40 bits per heavy atom. The van der Waals surface area contributed by atoms with Crippen molar-refractivity contribution in [2.45, 2.75) is 19.4 Å². The monoisotopic (exact) mass is 211 g/mol. The summed E-state index contributed by atoms with van der Waals surface area (Å²) in [6, 6.07) is 3.03. The van der Waals surface area contributed by atoms with Crippen molar-refractivity contribution < 1.29 is 14.6 Å². The minimum Gasteiger partial charge on any atom is -0.479 e. The molecule has 1 rings (SSSR count). The van der Waals surface area contributed by atoms with E-state index in [1.54, 1.807) is 13.0 Å². The van der Waals surface area contributed by atoms with Gasteiger partial charge in [-0.1, -0.05) is 0 Å². The van der Waals surface area contributed by atoms with Crippen LogP contribution in [0.25, 0.3) is 0 Å². The smallest absolute Gasteiger partial charge is 0.333 e. The number of carbonyl (C=O) groups is 1. The average molecular weight is 211 g/mol. The highest BCUT2D eigenvalue weighted by molar-refractivity contribution is 5.72. The molecule has 1 aromatic heterocycles. The minimum absolute atomic E-state index is 0.201. The number of carboxylic acid groups (broad SMARTS) is 1. The maximum absolute atomic E-state index is 11.0. The van der Waals surface area contributed by atoms with Gasteiger partial charge in [0.1, 0.15) is 0 Å². The zero-order valence-electron chi connectivity index (χ0n) is 8.40. The fraction of sp³-hybridized carbons (Fsp3) is 0.400. The summed E-state index contributed by atoms with van der Waals surface area (Å²) >= 11 is 0. The molecule has 0 aromatic carbocycles. The van der Waals surface area contributed by atoms with Gasteiger partial charge in [0.2, 0.25) is 5.56 Å². The fourth-order valence-corrected chi connectivity index (χ4v) is 1.25. The number of hydrogen-bond acceptors (Lipinski definition) is 3. The molecule has 0 aliphatic heterocycles. The van der Waals surface area contributed by atoms with Crippen LogP contribution in [0.1, 0.15) is 12.5 Å². The Kier molecular flexibility index (Phi) is 4.05. The van der Waals surface area contributed by atoms with Gasteiger partial charge < -0.3 is 14.8 Å². The highest BCUT2D eigenvalue weighted by Gasteiger charge is 2.17. The Hall–Kier alpha value is -1.62. The second-order valence-corrected chi connectivity index (χ2v) is 3.05. The third-order valence-electron chi connectivity index (χ3n) is 1.90. The number of H-pyrrole nitrogens is 1. The van der Waals surface area contributed by atoms with E-state index in [1.165, 1.54) is 12.3 Å². The summed E-state index contributed by atoms with van der Waals surface area (Å²) in [5.41, 5.74) is 0.410. The van der Waals surface area contributed by atoms with Crippen molar-refractivity contribution >= 4 is 5.97 Å². The Balaban J connectivity index is 2.73. The first-order valence-electron chi connectivity index (χ1n) is 4.65. The van der Waals surface area contributed by atoms with E-state index in [1.807, 2.05) is 0 Å². The van der Waals surface area contributed by atoms with Gasteiger partial charge in [-0.05, 0) is 18.6 Å². The van der Waals surface area contributed by atoms with Crippen molar-refractivity contribution in [3.63, 3.8) is 0 Å². The number of aromatic nitrogens is 1. The number of aliphatic carboxylic acids is 1. The summed E-state index contributed by atoms with van der Waals surface area (Å²) in [4.78, 5) is 24.2. The average Bonchev–Trinajstić information content (AvgIpc) is 2.17. The van der Waals surface area contributed by atoms with Crippen LogP contribution in [0.15, 0.2) is 23.1 Å². The number of rotatable bonds is 5. The van der Waals surface area contributed by atoms with Gasteiger partial charge in [0.05, 0.1) is 0 Å². The largest absolute Gasteiger partial charge is 0.479 e. The van der Waals surface area contributed by atoms with Crippen LogP contribution in [0.4, 0.5) is 0 Å². The number of aromatic amines is 1. The molecule has 0 spiro atoms. The van der Waals surface area contributed by atoms with Gasteiger partial charge in [0.25, 0.3) is 0 Å².